The Labute approximate surface area is 156 Å². The smallest absolute Gasteiger partial charge is 0.248 e. The monoisotopic (exact) mass is 420 g/mol. The number of rotatable bonds is 2. The topological polar surface area (TPSA) is 59.1 Å². The molecule has 8 heteroatoms. The molecule has 1 aromatic heterocycles. The van der Waals surface area contributed by atoms with Gasteiger partial charge in [0, 0.05) is 22.3 Å². The van der Waals surface area contributed by atoms with Crippen molar-refractivity contribution < 1.29 is 9.13 Å². The first-order valence-electron chi connectivity index (χ1n) is 7.37. The Bertz CT molecular complexity index is 969. The van der Waals surface area contributed by atoms with Crippen molar-refractivity contribution in [3.63, 3.8) is 0 Å². The molecule has 0 unspecified atom stereocenters. The minimum absolute atomic E-state index is 0.0339. The largest absolute Gasteiger partial charge is 0.437 e. The number of nitrogens with zero attached hydrogens (tertiary/aromatic N) is 2. The van der Waals surface area contributed by atoms with Crippen LogP contribution in [0.1, 0.15) is 5.56 Å². The Balaban J connectivity index is 1.69. The molecule has 0 amide bonds. The van der Waals surface area contributed by atoms with E-state index in [1.54, 1.807) is 6.07 Å². The zero-order chi connectivity index (χ0) is 17.4. The van der Waals surface area contributed by atoms with Gasteiger partial charge in [-0.3, -0.25) is 0 Å². The molecular formula is C17H11BrClFN4O. The quantitative estimate of drug-likeness (QED) is 0.573. The summed E-state index contributed by atoms with van der Waals surface area (Å²) in [6, 6.07) is 10.1. The van der Waals surface area contributed by atoms with Crippen molar-refractivity contribution in [1.82, 2.24) is 9.97 Å². The SMILES string of the molecule is Fc1ccc(Nc2ncnc3c2NCc2cc(Br)ccc2O3)cc1Cl. The third-order valence-electron chi connectivity index (χ3n) is 3.68. The normalized spacial score (nSPS) is 12.3. The van der Waals surface area contributed by atoms with E-state index in [4.69, 9.17) is 16.3 Å². The van der Waals surface area contributed by atoms with E-state index in [0.29, 0.717) is 29.6 Å². The first-order valence-corrected chi connectivity index (χ1v) is 8.54. The molecule has 126 valence electrons. The van der Waals surface area contributed by atoms with Gasteiger partial charge in [-0.05, 0) is 36.4 Å². The van der Waals surface area contributed by atoms with Gasteiger partial charge in [-0.15, -0.1) is 0 Å². The van der Waals surface area contributed by atoms with Gasteiger partial charge < -0.3 is 15.4 Å². The van der Waals surface area contributed by atoms with Gasteiger partial charge in [0.15, 0.2) is 5.82 Å². The minimum atomic E-state index is -0.476. The van der Waals surface area contributed by atoms with E-state index in [0.717, 1.165) is 15.8 Å². The summed E-state index contributed by atoms with van der Waals surface area (Å²) in [7, 11) is 0. The van der Waals surface area contributed by atoms with Crippen molar-refractivity contribution >= 4 is 44.7 Å². The summed E-state index contributed by atoms with van der Waals surface area (Å²) >= 11 is 9.29. The molecule has 1 aliphatic rings. The van der Waals surface area contributed by atoms with Gasteiger partial charge in [-0.25, -0.2) is 9.37 Å². The van der Waals surface area contributed by atoms with Crippen LogP contribution in [0.5, 0.6) is 11.6 Å². The Morgan fingerprint density at radius 1 is 1.20 bits per heavy atom. The fraction of sp³-hybridized carbons (Fsp3) is 0.0588. The molecule has 2 aromatic carbocycles. The number of aromatic nitrogens is 2. The number of hydrogen-bond acceptors (Lipinski definition) is 5. The number of ether oxygens (including phenoxy) is 1. The number of hydrogen-bond donors (Lipinski definition) is 2. The highest BCUT2D eigenvalue weighted by molar-refractivity contribution is 9.10. The Kier molecular flexibility index (Phi) is 4.19. The summed E-state index contributed by atoms with van der Waals surface area (Å²) in [5, 5.41) is 6.43. The third-order valence-corrected chi connectivity index (χ3v) is 4.46. The summed E-state index contributed by atoms with van der Waals surface area (Å²) in [5.74, 6) is 1.17. The van der Waals surface area contributed by atoms with E-state index in [1.807, 2.05) is 18.2 Å². The summed E-state index contributed by atoms with van der Waals surface area (Å²) < 4.78 is 20.2. The van der Waals surface area contributed by atoms with Crippen LogP contribution < -0.4 is 15.4 Å². The standard InChI is InChI=1S/C17H11BrClFN4O/c18-10-1-4-14-9(5-10)7-21-15-16(22-8-23-17(15)25-14)24-11-2-3-13(20)12(19)6-11/h1-6,8,21H,7H2,(H,22,23,24). The molecule has 0 atom stereocenters. The highest BCUT2D eigenvalue weighted by Crippen LogP contribution is 2.39. The lowest BCUT2D eigenvalue weighted by Gasteiger charge is -2.13. The number of nitrogens with one attached hydrogen (secondary N) is 2. The molecule has 1 aliphatic heterocycles. The van der Waals surface area contributed by atoms with Crippen LogP contribution in [-0.2, 0) is 6.54 Å². The summed E-state index contributed by atoms with van der Waals surface area (Å²) in [6.45, 7) is 0.550. The van der Waals surface area contributed by atoms with E-state index in [9.17, 15) is 4.39 Å². The third kappa shape index (κ3) is 3.25. The van der Waals surface area contributed by atoms with Crippen LogP contribution in [0.15, 0.2) is 47.2 Å². The van der Waals surface area contributed by atoms with Gasteiger partial charge in [-0.1, -0.05) is 27.5 Å². The molecule has 0 aliphatic carbocycles. The second-order valence-electron chi connectivity index (χ2n) is 5.36. The van der Waals surface area contributed by atoms with Crippen molar-refractivity contribution in [2.75, 3.05) is 10.6 Å². The van der Waals surface area contributed by atoms with Gasteiger partial charge >= 0.3 is 0 Å². The lowest BCUT2D eigenvalue weighted by atomic mass is 10.2. The Morgan fingerprint density at radius 2 is 2.08 bits per heavy atom. The molecule has 0 spiro atoms. The number of anilines is 3. The van der Waals surface area contributed by atoms with Crippen molar-refractivity contribution in [2.24, 2.45) is 0 Å². The Morgan fingerprint density at radius 3 is 2.92 bits per heavy atom. The van der Waals surface area contributed by atoms with Crippen LogP contribution in [0.3, 0.4) is 0 Å². The van der Waals surface area contributed by atoms with Crippen LogP contribution in [0.2, 0.25) is 5.02 Å². The summed E-state index contributed by atoms with van der Waals surface area (Å²) in [4.78, 5) is 8.45. The lowest BCUT2D eigenvalue weighted by molar-refractivity contribution is 0.463. The zero-order valence-electron chi connectivity index (χ0n) is 12.7. The number of fused-ring (bicyclic) bond motifs is 2. The molecule has 0 bridgehead atoms. The highest BCUT2D eigenvalue weighted by Gasteiger charge is 2.19. The molecule has 0 saturated carbocycles. The van der Waals surface area contributed by atoms with Crippen molar-refractivity contribution in [2.45, 2.75) is 6.54 Å². The van der Waals surface area contributed by atoms with Crippen LogP contribution in [0, 0.1) is 5.82 Å². The molecule has 2 heterocycles. The average molecular weight is 422 g/mol. The molecule has 3 aromatic rings. The van der Waals surface area contributed by atoms with Crippen LogP contribution >= 0.6 is 27.5 Å². The first kappa shape index (κ1) is 16.1. The first-order chi connectivity index (χ1) is 12.1. The fourth-order valence-corrected chi connectivity index (χ4v) is 3.07. The molecule has 4 rings (SSSR count). The molecule has 0 radical (unpaired) electrons. The van der Waals surface area contributed by atoms with Gasteiger partial charge in [0.25, 0.3) is 0 Å². The zero-order valence-corrected chi connectivity index (χ0v) is 15.0. The van der Waals surface area contributed by atoms with Crippen molar-refractivity contribution in [1.29, 1.82) is 0 Å². The van der Waals surface area contributed by atoms with E-state index in [1.165, 1.54) is 18.5 Å². The van der Waals surface area contributed by atoms with Gasteiger partial charge in [-0.2, -0.15) is 4.98 Å². The average Bonchev–Trinajstić information content (AvgIpc) is 2.78. The molecule has 0 fully saturated rings. The van der Waals surface area contributed by atoms with E-state index in [2.05, 4.69) is 36.5 Å². The molecular weight excluding hydrogens is 411 g/mol. The van der Waals surface area contributed by atoms with E-state index < -0.39 is 5.82 Å². The van der Waals surface area contributed by atoms with Gasteiger partial charge in [0.05, 0.1) is 5.02 Å². The summed E-state index contributed by atoms with van der Waals surface area (Å²) in [6.07, 6.45) is 1.40. The van der Waals surface area contributed by atoms with Crippen LogP contribution in [-0.4, -0.2) is 9.97 Å². The van der Waals surface area contributed by atoms with E-state index >= 15 is 0 Å². The van der Waals surface area contributed by atoms with Crippen molar-refractivity contribution in [3.8, 4) is 11.6 Å². The van der Waals surface area contributed by atoms with Crippen LogP contribution in [0.4, 0.5) is 21.6 Å². The predicted octanol–water partition coefficient (Wildman–Crippen LogP) is 5.49. The lowest BCUT2D eigenvalue weighted by Crippen LogP contribution is -2.04. The predicted molar refractivity (Wildman–Crippen MR) is 98.3 cm³/mol. The second kappa shape index (κ2) is 6.50. The molecule has 2 N–H and O–H groups in total. The second-order valence-corrected chi connectivity index (χ2v) is 6.69. The molecule has 0 saturated heterocycles. The Hall–Kier alpha value is -2.38. The minimum Gasteiger partial charge on any atom is -0.437 e. The molecule has 25 heavy (non-hydrogen) atoms. The van der Waals surface area contributed by atoms with E-state index in [-0.39, 0.29) is 5.02 Å². The van der Waals surface area contributed by atoms with Gasteiger partial charge in [0.1, 0.15) is 23.6 Å². The van der Waals surface area contributed by atoms with Gasteiger partial charge in [0.2, 0.25) is 5.88 Å². The maximum absolute atomic E-state index is 13.3. The number of benzene rings is 2. The highest BCUT2D eigenvalue weighted by atomic mass is 79.9. The molecule has 5 nitrogen and oxygen atoms in total. The maximum atomic E-state index is 13.3. The maximum Gasteiger partial charge on any atom is 0.248 e. The fourth-order valence-electron chi connectivity index (χ4n) is 2.49. The summed E-state index contributed by atoms with van der Waals surface area (Å²) in [5.41, 5.74) is 2.22. The number of halogens is 3. The van der Waals surface area contributed by atoms with Crippen molar-refractivity contribution in [3.05, 3.63) is 63.6 Å². The van der Waals surface area contributed by atoms with Crippen LogP contribution in [0.25, 0.3) is 0 Å².